The third kappa shape index (κ3) is 2.84. The van der Waals surface area contributed by atoms with Crippen LogP contribution in [0.5, 0.6) is 17.2 Å². The Morgan fingerprint density at radius 1 is 1.08 bits per heavy atom. The van der Waals surface area contributed by atoms with Crippen LogP contribution in [0.3, 0.4) is 0 Å². The molecule has 2 aliphatic rings. The fraction of sp³-hybridized carbons (Fsp3) is 0.222. The van der Waals surface area contributed by atoms with E-state index >= 15 is 0 Å². The summed E-state index contributed by atoms with van der Waals surface area (Å²) in [6.07, 6.45) is -0.802. The second kappa shape index (κ2) is 6.01. The molecule has 7 nitrogen and oxygen atoms in total. The maximum absolute atomic E-state index is 12.6. The Bertz CT molecular complexity index is 851. The van der Waals surface area contributed by atoms with Crippen LogP contribution in [0.4, 0.5) is 11.4 Å². The van der Waals surface area contributed by atoms with Gasteiger partial charge in [-0.05, 0) is 24.3 Å². The lowest BCUT2D eigenvalue weighted by Crippen LogP contribution is -2.48. The molecule has 2 heterocycles. The van der Waals surface area contributed by atoms with Crippen LogP contribution in [-0.4, -0.2) is 31.3 Å². The van der Waals surface area contributed by atoms with E-state index in [-0.39, 0.29) is 25.2 Å². The Labute approximate surface area is 144 Å². The number of ether oxygens (including phenoxy) is 3. The zero-order chi connectivity index (χ0) is 17.4. The summed E-state index contributed by atoms with van der Waals surface area (Å²) < 4.78 is 16.3. The SMILES string of the molecule is CC(=O)N1C[C@@H](C(=O)Nc2ccc3c(c2)OCO3)Oc2ccccc21. The molecule has 1 atom stereocenters. The number of rotatable bonds is 2. The largest absolute Gasteiger partial charge is 0.476 e. The third-order valence-corrected chi connectivity index (χ3v) is 4.09. The molecule has 0 saturated heterocycles. The average Bonchev–Trinajstić information content (AvgIpc) is 3.08. The molecule has 0 radical (unpaired) electrons. The number of nitrogens with zero attached hydrogens (tertiary/aromatic N) is 1. The lowest BCUT2D eigenvalue weighted by Gasteiger charge is -2.33. The van der Waals surface area contributed by atoms with E-state index in [0.29, 0.717) is 28.6 Å². The molecule has 0 saturated carbocycles. The molecule has 7 heteroatoms. The van der Waals surface area contributed by atoms with E-state index in [9.17, 15) is 9.59 Å². The van der Waals surface area contributed by atoms with Crippen molar-refractivity contribution in [3.8, 4) is 17.2 Å². The van der Waals surface area contributed by atoms with Gasteiger partial charge in [-0.3, -0.25) is 9.59 Å². The Hall–Kier alpha value is -3.22. The van der Waals surface area contributed by atoms with E-state index in [1.54, 1.807) is 41.3 Å². The van der Waals surface area contributed by atoms with Crippen molar-refractivity contribution < 1.29 is 23.8 Å². The highest BCUT2D eigenvalue weighted by Crippen LogP contribution is 2.35. The molecule has 0 unspecified atom stereocenters. The minimum absolute atomic E-state index is 0.142. The van der Waals surface area contributed by atoms with Crippen LogP contribution in [0, 0.1) is 0 Å². The fourth-order valence-corrected chi connectivity index (χ4v) is 2.87. The number of carbonyl (C=O) groups is 2. The molecule has 0 aliphatic carbocycles. The normalized spacial score (nSPS) is 17.5. The number of amides is 2. The van der Waals surface area contributed by atoms with Gasteiger partial charge in [-0.2, -0.15) is 0 Å². The van der Waals surface area contributed by atoms with Gasteiger partial charge in [-0.15, -0.1) is 0 Å². The minimum Gasteiger partial charge on any atom is -0.476 e. The molecule has 2 aliphatic heterocycles. The van der Waals surface area contributed by atoms with Crippen molar-refractivity contribution >= 4 is 23.2 Å². The summed E-state index contributed by atoms with van der Waals surface area (Å²) in [5.74, 6) is 1.26. The first-order valence-electron chi connectivity index (χ1n) is 7.86. The summed E-state index contributed by atoms with van der Waals surface area (Å²) in [4.78, 5) is 26.1. The van der Waals surface area contributed by atoms with Crippen LogP contribution < -0.4 is 24.4 Å². The quantitative estimate of drug-likeness (QED) is 0.907. The molecular weight excluding hydrogens is 324 g/mol. The van der Waals surface area contributed by atoms with Gasteiger partial charge in [0.25, 0.3) is 5.91 Å². The summed E-state index contributed by atoms with van der Waals surface area (Å²) in [5.41, 5.74) is 1.24. The Morgan fingerprint density at radius 2 is 1.88 bits per heavy atom. The first-order valence-corrected chi connectivity index (χ1v) is 7.86. The maximum atomic E-state index is 12.6. The topological polar surface area (TPSA) is 77.1 Å². The molecular formula is C18H16N2O5. The van der Waals surface area contributed by atoms with Crippen molar-refractivity contribution in [3.05, 3.63) is 42.5 Å². The second-order valence-electron chi connectivity index (χ2n) is 5.76. The van der Waals surface area contributed by atoms with Gasteiger partial charge in [0, 0.05) is 18.7 Å². The number of anilines is 2. The van der Waals surface area contributed by atoms with Crippen molar-refractivity contribution in [2.75, 3.05) is 23.6 Å². The number of nitrogens with one attached hydrogen (secondary N) is 1. The van der Waals surface area contributed by atoms with Gasteiger partial charge >= 0.3 is 0 Å². The number of fused-ring (bicyclic) bond motifs is 2. The molecule has 25 heavy (non-hydrogen) atoms. The number of para-hydroxylation sites is 2. The molecule has 2 aromatic rings. The Balaban J connectivity index is 1.54. The molecule has 128 valence electrons. The zero-order valence-electron chi connectivity index (χ0n) is 13.5. The van der Waals surface area contributed by atoms with Crippen LogP contribution in [0.25, 0.3) is 0 Å². The van der Waals surface area contributed by atoms with E-state index < -0.39 is 6.10 Å². The van der Waals surface area contributed by atoms with Crippen LogP contribution in [-0.2, 0) is 9.59 Å². The van der Waals surface area contributed by atoms with Crippen molar-refractivity contribution in [3.63, 3.8) is 0 Å². The van der Waals surface area contributed by atoms with Gasteiger partial charge in [0.05, 0.1) is 12.2 Å². The van der Waals surface area contributed by atoms with Gasteiger partial charge in [0.15, 0.2) is 17.6 Å². The van der Waals surface area contributed by atoms with Gasteiger partial charge in [0.2, 0.25) is 12.7 Å². The van der Waals surface area contributed by atoms with Crippen molar-refractivity contribution in [1.29, 1.82) is 0 Å². The number of carbonyl (C=O) groups excluding carboxylic acids is 2. The predicted molar refractivity (Wildman–Crippen MR) is 90.1 cm³/mol. The average molecular weight is 340 g/mol. The molecule has 0 bridgehead atoms. The molecule has 4 rings (SSSR count). The van der Waals surface area contributed by atoms with E-state index in [4.69, 9.17) is 14.2 Å². The monoisotopic (exact) mass is 340 g/mol. The summed E-state index contributed by atoms with van der Waals surface area (Å²) in [5, 5.41) is 2.79. The minimum atomic E-state index is -0.802. The summed E-state index contributed by atoms with van der Waals surface area (Å²) in [6.45, 7) is 1.79. The lowest BCUT2D eigenvalue weighted by atomic mass is 10.1. The molecule has 0 fully saturated rings. The van der Waals surface area contributed by atoms with Crippen LogP contribution in [0.2, 0.25) is 0 Å². The van der Waals surface area contributed by atoms with Gasteiger partial charge in [-0.1, -0.05) is 12.1 Å². The highest BCUT2D eigenvalue weighted by Gasteiger charge is 2.32. The zero-order valence-corrected chi connectivity index (χ0v) is 13.5. The van der Waals surface area contributed by atoms with E-state index in [0.717, 1.165) is 0 Å². The lowest BCUT2D eigenvalue weighted by molar-refractivity contribution is -0.123. The fourth-order valence-electron chi connectivity index (χ4n) is 2.87. The maximum Gasteiger partial charge on any atom is 0.267 e. The highest BCUT2D eigenvalue weighted by atomic mass is 16.7. The van der Waals surface area contributed by atoms with Crippen LogP contribution >= 0.6 is 0 Å². The smallest absolute Gasteiger partial charge is 0.267 e. The molecule has 0 spiro atoms. The summed E-state index contributed by atoms with van der Waals surface area (Å²) >= 11 is 0. The van der Waals surface area contributed by atoms with Gasteiger partial charge in [0.1, 0.15) is 5.75 Å². The van der Waals surface area contributed by atoms with Crippen molar-refractivity contribution in [1.82, 2.24) is 0 Å². The van der Waals surface area contributed by atoms with Crippen molar-refractivity contribution in [2.45, 2.75) is 13.0 Å². The summed E-state index contributed by atoms with van der Waals surface area (Å²) in [7, 11) is 0. The number of hydrogen-bond donors (Lipinski definition) is 1. The van der Waals surface area contributed by atoms with E-state index in [2.05, 4.69) is 5.32 Å². The predicted octanol–water partition coefficient (Wildman–Crippen LogP) is 2.17. The van der Waals surface area contributed by atoms with Crippen LogP contribution in [0.1, 0.15) is 6.92 Å². The molecule has 1 N–H and O–H groups in total. The van der Waals surface area contributed by atoms with E-state index in [1.165, 1.54) is 6.92 Å². The molecule has 2 aromatic carbocycles. The first-order chi connectivity index (χ1) is 12.1. The summed E-state index contributed by atoms with van der Waals surface area (Å²) in [6, 6.07) is 12.3. The van der Waals surface area contributed by atoms with Gasteiger partial charge < -0.3 is 24.4 Å². The molecule has 0 aromatic heterocycles. The first kappa shape index (κ1) is 15.3. The second-order valence-corrected chi connectivity index (χ2v) is 5.76. The third-order valence-electron chi connectivity index (χ3n) is 4.09. The highest BCUT2D eigenvalue weighted by molar-refractivity contribution is 5.99. The van der Waals surface area contributed by atoms with Gasteiger partial charge in [-0.25, -0.2) is 0 Å². The number of benzene rings is 2. The van der Waals surface area contributed by atoms with Crippen LogP contribution in [0.15, 0.2) is 42.5 Å². The molecule has 2 amide bonds. The Morgan fingerprint density at radius 3 is 2.72 bits per heavy atom. The standard InChI is InChI=1S/C18H16N2O5/c1-11(21)20-9-17(25-14-5-3-2-4-13(14)20)18(22)19-12-6-7-15-16(8-12)24-10-23-15/h2-8,17H,9-10H2,1H3,(H,19,22)/t17-/m0/s1. The van der Waals surface area contributed by atoms with Crippen molar-refractivity contribution in [2.24, 2.45) is 0 Å². The number of hydrogen-bond acceptors (Lipinski definition) is 5. The Kier molecular flexibility index (Phi) is 3.68. The van der Waals surface area contributed by atoms with E-state index in [1.807, 2.05) is 6.07 Å².